The first-order chi connectivity index (χ1) is 13.6. The summed E-state index contributed by atoms with van der Waals surface area (Å²) in [6.07, 6.45) is 3.68. The van der Waals surface area contributed by atoms with Gasteiger partial charge in [-0.2, -0.15) is 0 Å². The number of nitrogens with zero attached hydrogens (tertiary/aromatic N) is 2. The van der Waals surface area contributed by atoms with Crippen molar-refractivity contribution >= 4 is 40.2 Å². The lowest BCUT2D eigenvalue weighted by molar-refractivity contribution is 0.0998. The Labute approximate surface area is 167 Å². The lowest BCUT2D eigenvalue weighted by Crippen LogP contribution is -2.29. The quantitative estimate of drug-likeness (QED) is 0.492. The molecule has 144 valence electrons. The van der Waals surface area contributed by atoms with Gasteiger partial charge in [0.25, 0.3) is 5.91 Å². The predicted octanol–water partition coefficient (Wildman–Crippen LogP) is 3.63. The van der Waals surface area contributed by atoms with Crippen LogP contribution in [0.15, 0.2) is 47.6 Å². The molecule has 1 amide bonds. The number of Topliss-reactive ketones (excluding diaryl/α,β-unsaturated/α-hetero) is 1. The van der Waals surface area contributed by atoms with Crippen LogP contribution >= 0.6 is 11.8 Å². The number of benzene rings is 2. The third-order valence-corrected chi connectivity index (χ3v) is 5.86. The van der Waals surface area contributed by atoms with Gasteiger partial charge in [0.1, 0.15) is 5.52 Å². The number of piperidine rings is 1. The van der Waals surface area contributed by atoms with Crippen LogP contribution in [0.5, 0.6) is 0 Å². The Morgan fingerprint density at radius 1 is 1.11 bits per heavy atom. The molecule has 1 aliphatic heterocycles. The molecule has 6 nitrogen and oxygen atoms in total. The topological polar surface area (TPSA) is 92.1 Å². The Kier molecular flexibility index (Phi) is 5.34. The molecule has 1 aromatic heterocycles. The second-order valence-electron chi connectivity index (χ2n) is 6.92. The normalized spacial score (nSPS) is 14.4. The van der Waals surface area contributed by atoms with Crippen LogP contribution in [0.2, 0.25) is 0 Å². The van der Waals surface area contributed by atoms with E-state index in [0.29, 0.717) is 21.8 Å². The van der Waals surface area contributed by atoms with Crippen LogP contribution in [0.1, 0.15) is 40.0 Å². The van der Waals surface area contributed by atoms with Gasteiger partial charge in [-0.3, -0.25) is 9.59 Å². The molecule has 28 heavy (non-hydrogen) atoms. The summed E-state index contributed by atoms with van der Waals surface area (Å²) in [5, 5.41) is 0.601. The number of imidazole rings is 1. The van der Waals surface area contributed by atoms with E-state index in [1.807, 2.05) is 24.3 Å². The summed E-state index contributed by atoms with van der Waals surface area (Å²) in [5.74, 6) is -0.187. The third kappa shape index (κ3) is 3.89. The Balaban J connectivity index is 1.46. The number of amides is 1. The summed E-state index contributed by atoms with van der Waals surface area (Å²) in [6.45, 7) is 2.10. The minimum absolute atomic E-state index is 0.0550. The van der Waals surface area contributed by atoms with Crippen LogP contribution in [0, 0.1) is 0 Å². The second-order valence-corrected chi connectivity index (χ2v) is 7.88. The number of nitrogens with two attached hydrogens (primary N) is 1. The summed E-state index contributed by atoms with van der Waals surface area (Å²) in [6, 6.07) is 13.1. The number of fused-ring (bicyclic) bond motifs is 1. The number of anilines is 1. The predicted molar refractivity (Wildman–Crippen MR) is 112 cm³/mol. The molecule has 0 bridgehead atoms. The van der Waals surface area contributed by atoms with E-state index >= 15 is 0 Å². The molecule has 4 rings (SSSR count). The highest BCUT2D eigenvalue weighted by molar-refractivity contribution is 7.99. The van der Waals surface area contributed by atoms with Gasteiger partial charge in [0, 0.05) is 24.3 Å². The molecule has 3 N–H and O–H groups in total. The van der Waals surface area contributed by atoms with E-state index in [2.05, 4.69) is 20.9 Å². The van der Waals surface area contributed by atoms with Crippen molar-refractivity contribution in [1.82, 2.24) is 9.97 Å². The zero-order valence-electron chi connectivity index (χ0n) is 15.5. The van der Waals surface area contributed by atoms with E-state index in [4.69, 9.17) is 5.73 Å². The van der Waals surface area contributed by atoms with Crippen LogP contribution < -0.4 is 10.6 Å². The standard InChI is InChI=1S/C21H22N4O2S/c22-20(27)16-8-5-9-17-19(16)24-21(23-17)28-13-18(26)14-6-4-7-15(12-14)25-10-2-1-3-11-25/h4-9,12H,1-3,10-11,13H2,(H2,22,27)(H,23,24). The zero-order valence-corrected chi connectivity index (χ0v) is 16.3. The number of carbonyl (C=O) groups is 2. The maximum Gasteiger partial charge on any atom is 0.250 e. The molecule has 0 spiro atoms. The summed E-state index contributed by atoms with van der Waals surface area (Å²) in [4.78, 5) is 34.2. The second kappa shape index (κ2) is 8.06. The number of hydrogen-bond donors (Lipinski definition) is 2. The summed E-state index contributed by atoms with van der Waals surface area (Å²) >= 11 is 1.33. The first-order valence-corrected chi connectivity index (χ1v) is 10.4. The fourth-order valence-electron chi connectivity index (χ4n) is 3.52. The third-order valence-electron chi connectivity index (χ3n) is 4.99. The lowest BCUT2D eigenvalue weighted by Gasteiger charge is -2.29. The largest absolute Gasteiger partial charge is 0.372 e. The Morgan fingerprint density at radius 2 is 1.89 bits per heavy atom. The highest BCUT2D eigenvalue weighted by Crippen LogP contribution is 2.25. The van der Waals surface area contributed by atoms with Gasteiger partial charge in [-0.05, 0) is 43.5 Å². The number of carbonyl (C=O) groups excluding carboxylic acids is 2. The van der Waals surface area contributed by atoms with Gasteiger partial charge < -0.3 is 15.6 Å². The number of para-hydroxylation sites is 1. The number of hydrogen-bond acceptors (Lipinski definition) is 5. The van der Waals surface area contributed by atoms with Gasteiger partial charge in [-0.1, -0.05) is 30.0 Å². The number of rotatable bonds is 6. The fraction of sp³-hybridized carbons (Fsp3) is 0.286. The van der Waals surface area contributed by atoms with E-state index in [0.717, 1.165) is 24.3 Å². The minimum Gasteiger partial charge on any atom is -0.372 e. The average molecular weight is 395 g/mol. The van der Waals surface area contributed by atoms with Crippen molar-refractivity contribution in [2.45, 2.75) is 24.4 Å². The zero-order chi connectivity index (χ0) is 19.5. The molecule has 0 saturated carbocycles. The van der Waals surface area contributed by atoms with Gasteiger partial charge in [0.05, 0.1) is 16.8 Å². The fourth-order valence-corrected chi connectivity index (χ4v) is 4.29. The average Bonchev–Trinajstić information content (AvgIpc) is 3.15. The number of ketones is 1. The van der Waals surface area contributed by atoms with Crippen LogP contribution in [-0.4, -0.2) is 40.5 Å². The highest BCUT2D eigenvalue weighted by Gasteiger charge is 2.15. The summed E-state index contributed by atoms with van der Waals surface area (Å²) in [5.41, 5.74) is 8.88. The van der Waals surface area contributed by atoms with Crippen LogP contribution in [-0.2, 0) is 0 Å². The smallest absolute Gasteiger partial charge is 0.250 e. The molecule has 0 radical (unpaired) electrons. The van der Waals surface area contributed by atoms with Crippen molar-refractivity contribution in [1.29, 1.82) is 0 Å². The maximum atomic E-state index is 12.7. The SMILES string of the molecule is NC(=O)c1cccc2[nH]c(SCC(=O)c3cccc(N4CCCCC4)c3)nc12. The van der Waals surface area contributed by atoms with Crippen LogP contribution in [0.3, 0.4) is 0 Å². The van der Waals surface area contributed by atoms with Crippen molar-refractivity contribution < 1.29 is 9.59 Å². The molecule has 2 aromatic carbocycles. The van der Waals surface area contributed by atoms with Gasteiger partial charge in [-0.15, -0.1) is 0 Å². The first kappa shape index (κ1) is 18.6. The molecule has 1 aliphatic rings. The van der Waals surface area contributed by atoms with Crippen molar-refractivity contribution in [2.75, 3.05) is 23.7 Å². The number of H-pyrrole nitrogens is 1. The van der Waals surface area contributed by atoms with E-state index in [1.165, 1.54) is 31.0 Å². The maximum absolute atomic E-state index is 12.7. The monoisotopic (exact) mass is 394 g/mol. The molecule has 0 atom stereocenters. The molecule has 0 aliphatic carbocycles. The molecular formula is C21H22N4O2S. The number of nitrogens with one attached hydrogen (secondary N) is 1. The number of aromatic amines is 1. The highest BCUT2D eigenvalue weighted by atomic mass is 32.2. The van der Waals surface area contributed by atoms with Crippen LogP contribution in [0.4, 0.5) is 5.69 Å². The van der Waals surface area contributed by atoms with Gasteiger partial charge in [-0.25, -0.2) is 4.98 Å². The molecule has 2 heterocycles. The first-order valence-electron chi connectivity index (χ1n) is 9.41. The summed E-state index contributed by atoms with van der Waals surface area (Å²) < 4.78 is 0. The van der Waals surface area contributed by atoms with Gasteiger partial charge in [0.15, 0.2) is 10.9 Å². The van der Waals surface area contributed by atoms with Crippen LogP contribution in [0.25, 0.3) is 11.0 Å². The van der Waals surface area contributed by atoms with Gasteiger partial charge in [0.2, 0.25) is 0 Å². The molecule has 7 heteroatoms. The Hall–Kier alpha value is -2.80. The molecule has 3 aromatic rings. The van der Waals surface area contributed by atoms with Crippen molar-refractivity contribution in [2.24, 2.45) is 5.73 Å². The van der Waals surface area contributed by atoms with E-state index in [1.54, 1.807) is 12.1 Å². The molecule has 1 saturated heterocycles. The van der Waals surface area contributed by atoms with Gasteiger partial charge >= 0.3 is 0 Å². The molecule has 0 unspecified atom stereocenters. The number of primary amides is 1. The minimum atomic E-state index is -0.515. The van der Waals surface area contributed by atoms with E-state index in [-0.39, 0.29) is 11.5 Å². The van der Waals surface area contributed by atoms with E-state index < -0.39 is 5.91 Å². The van der Waals surface area contributed by atoms with E-state index in [9.17, 15) is 9.59 Å². The number of aromatic nitrogens is 2. The van der Waals surface area contributed by atoms with Crippen molar-refractivity contribution in [3.63, 3.8) is 0 Å². The van der Waals surface area contributed by atoms with Crippen molar-refractivity contribution in [3.8, 4) is 0 Å². The Bertz CT molecular complexity index is 1020. The summed E-state index contributed by atoms with van der Waals surface area (Å²) in [7, 11) is 0. The molecular weight excluding hydrogens is 372 g/mol. The number of thioether (sulfide) groups is 1. The molecule has 1 fully saturated rings. The lowest BCUT2D eigenvalue weighted by atomic mass is 10.1. The Morgan fingerprint density at radius 3 is 2.68 bits per heavy atom. The van der Waals surface area contributed by atoms with Crippen molar-refractivity contribution in [3.05, 3.63) is 53.6 Å².